The summed E-state index contributed by atoms with van der Waals surface area (Å²) in [5.41, 5.74) is 7.78. The van der Waals surface area contributed by atoms with Gasteiger partial charge in [0.15, 0.2) is 11.6 Å². The van der Waals surface area contributed by atoms with E-state index in [2.05, 4.69) is 97.0 Å². The van der Waals surface area contributed by atoms with Gasteiger partial charge in [0.05, 0.1) is 31.5 Å². The maximum absolute atomic E-state index is 12.9. The summed E-state index contributed by atoms with van der Waals surface area (Å²) in [6.07, 6.45) is 9.70. The van der Waals surface area contributed by atoms with Crippen molar-refractivity contribution in [2.75, 3.05) is 91.8 Å². The number of aromatic nitrogens is 6. The number of hydrogen-bond acceptors (Lipinski definition) is 25. The van der Waals surface area contributed by atoms with Crippen molar-refractivity contribution >= 4 is 127 Å². The highest BCUT2D eigenvalue weighted by Crippen LogP contribution is 2.43. The number of benzene rings is 9. The standard InChI is InChI=1S/C30H31N7O3S.C29H29N7O3S.C25H24N6O5S2/c38-28(32-19-21-6-2-1-3-7-21)30(14-15-30)37-23-12-10-22(11-13-23)26-20-33-29-35-24-8-4-9-25(18-24)41(39,40)34-17-5-16-31-27(26)36-29;37-27(33-21-6-2-1-3-7-21)29(14-15-29)36-22-12-10-20(11-13-22)25-19-31-28-34-23-8-4-9-24(18-23)40(38,39)32-17-5-16-30-26(25)35-28;32-37(33)22-12-5-7-18(16-22)29-25-27-17-23(24(30-25)26-13-6-14-28-37)36-20-9-4-8-19(15-20)31-38(34,35)21-10-2-1-3-11-21/h1-4,6-13,18,20,34,37H,5,14-17,19H2,(H,32,38)(H2,31,33,35,36);1-4,6-13,18-19,32,36H,5,14-17H2,(H,33,37)(H2,30,31,34,35);1-5,7-12,15-17,28,31H,6,13-14H2,(H2,26,27,29,30). The van der Waals surface area contributed by atoms with Crippen molar-refractivity contribution < 1.29 is 48.0 Å². The second-order valence-corrected chi connectivity index (χ2v) is 35.4. The fraction of sp³-hybridized carbons (Fsp3) is 0.190. The SMILES string of the molecule is O=C(NCc1ccccc1)C1(Nc2ccc(-c3cnc4nc3NCCCNS(=O)(=O)c3cccc(c3)N4)cc2)CC1.O=C(Nc1ccccc1)C1(Nc2ccc(-c3cnc4nc3NCCCNS(=O)(=O)c3cccc(c3)N4)cc2)CC1.O=S1(=O)NCCCNc2nc(ncc2Oc2cccc(NS(=O)(=O)c3ccccc3)c2)Nc2cccc1c2. The van der Waals surface area contributed by atoms with Crippen molar-refractivity contribution in [3.63, 3.8) is 0 Å². The molecule has 3 aliphatic heterocycles. The van der Waals surface area contributed by atoms with E-state index in [1.165, 1.54) is 30.5 Å². The van der Waals surface area contributed by atoms with E-state index in [0.717, 1.165) is 70.6 Å². The minimum absolute atomic E-state index is 0.00481. The molecule has 2 aliphatic carbocycles. The first-order valence-corrected chi connectivity index (χ1v) is 44.3. The van der Waals surface area contributed by atoms with Gasteiger partial charge in [-0.1, -0.05) is 115 Å². The average molecular weight is 1680 g/mol. The predicted octanol–water partition coefficient (Wildman–Crippen LogP) is 12.7. The predicted molar refractivity (Wildman–Crippen MR) is 459 cm³/mol. The second-order valence-electron chi connectivity index (χ2n) is 28.4. The summed E-state index contributed by atoms with van der Waals surface area (Å²) >= 11 is 0. The molecule has 610 valence electrons. The minimum Gasteiger partial charge on any atom is -0.452 e. The highest BCUT2D eigenvalue weighted by atomic mass is 32.2. The van der Waals surface area contributed by atoms with Gasteiger partial charge in [0, 0.05) is 110 Å². The summed E-state index contributed by atoms with van der Waals surface area (Å²) in [6, 6.07) is 69.1. The van der Waals surface area contributed by atoms with Gasteiger partial charge < -0.3 is 57.9 Å². The van der Waals surface area contributed by atoms with Crippen LogP contribution < -0.4 is 76.8 Å². The minimum atomic E-state index is -3.77. The molecule has 12 aromatic rings. The van der Waals surface area contributed by atoms with Crippen LogP contribution in [0.3, 0.4) is 0 Å². The Bertz CT molecular complexity index is 6150. The molecular formula is C84H84N20O11S4. The zero-order valence-electron chi connectivity index (χ0n) is 64.0. The monoisotopic (exact) mass is 1680 g/mol. The number of carbonyl (C=O) groups excluding carboxylic acids is 2. The molecule has 6 heterocycles. The molecule has 2 amide bonds. The van der Waals surface area contributed by atoms with Crippen LogP contribution in [0.4, 0.5) is 75.1 Å². The molecule has 0 saturated heterocycles. The van der Waals surface area contributed by atoms with Gasteiger partial charge in [0.2, 0.25) is 59.7 Å². The molecule has 31 nitrogen and oxygen atoms in total. The van der Waals surface area contributed by atoms with Crippen LogP contribution in [0.2, 0.25) is 0 Å². The molecule has 3 aromatic heterocycles. The zero-order chi connectivity index (χ0) is 82.5. The van der Waals surface area contributed by atoms with Crippen molar-refractivity contribution in [1.29, 1.82) is 0 Å². The first-order valence-electron chi connectivity index (χ1n) is 38.3. The Balaban J connectivity index is 0.000000139. The van der Waals surface area contributed by atoms with Crippen LogP contribution >= 0.6 is 0 Å². The van der Waals surface area contributed by atoms with E-state index in [4.69, 9.17) is 9.72 Å². The molecule has 0 atom stereocenters. The van der Waals surface area contributed by atoms with Crippen molar-refractivity contribution in [2.24, 2.45) is 0 Å². The van der Waals surface area contributed by atoms with Crippen LogP contribution in [0.15, 0.2) is 275 Å². The Morgan fingerprint density at radius 2 is 0.824 bits per heavy atom. The number of nitrogens with one attached hydrogen (secondary N) is 14. The lowest BCUT2D eigenvalue weighted by molar-refractivity contribution is -0.123. The van der Waals surface area contributed by atoms with Crippen LogP contribution in [0.5, 0.6) is 11.5 Å². The number of nitrogens with zero attached hydrogens (tertiary/aromatic N) is 6. The summed E-state index contributed by atoms with van der Waals surface area (Å²) in [5.74, 6) is 3.25. The van der Waals surface area contributed by atoms with Crippen LogP contribution in [0, 0.1) is 0 Å². The summed E-state index contributed by atoms with van der Waals surface area (Å²) < 4.78 is 117. The Labute approximate surface area is 688 Å². The summed E-state index contributed by atoms with van der Waals surface area (Å²) in [6.45, 7) is 2.75. The third-order valence-electron chi connectivity index (χ3n) is 19.6. The van der Waals surface area contributed by atoms with E-state index in [0.29, 0.717) is 122 Å². The van der Waals surface area contributed by atoms with Crippen molar-refractivity contribution in [3.8, 4) is 33.8 Å². The van der Waals surface area contributed by atoms with E-state index in [1.807, 2.05) is 109 Å². The molecule has 5 aliphatic rings. The molecule has 0 spiro atoms. The van der Waals surface area contributed by atoms with Crippen LogP contribution in [0.1, 0.15) is 50.5 Å². The van der Waals surface area contributed by atoms with Gasteiger partial charge in [-0.2, -0.15) is 15.0 Å². The van der Waals surface area contributed by atoms with Crippen molar-refractivity contribution in [1.82, 2.24) is 49.4 Å². The molecule has 0 unspecified atom stereocenters. The van der Waals surface area contributed by atoms with E-state index < -0.39 is 51.2 Å². The molecule has 12 bridgehead atoms. The Kier molecular flexibility index (Phi) is 24.3. The quantitative estimate of drug-likeness (QED) is 0.0427. The molecule has 17 rings (SSSR count). The van der Waals surface area contributed by atoms with Crippen LogP contribution in [-0.4, -0.2) is 126 Å². The normalized spacial score (nSPS) is 16.3. The smallest absolute Gasteiger partial charge is 0.261 e. The van der Waals surface area contributed by atoms with Crippen molar-refractivity contribution in [2.45, 2.75) is 82.2 Å². The number of ether oxygens (including phenoxy) is 1. The van der Waals surface area contributed by atoms with E-state index >= 15 is 0 Å². The van der Waals surface area contributed by atoms with Gasteiger partial charge in [-0.3, -0.25) is 14.3 Å². The largest absolute Gasteiger partial charge is 0.452 e. The number of anilines is 13. The molecule has 2 saturated carbocycles. The van der Waals surface area contributed by atoms with E-state index in [9.17, 15) is 43.3 Å². The van der Waals surface area contributed by atoms with E-state index in [-0.39, 0.29) is 43.9 Å². The number of para-hydroxylation sites is 1. The van der Waals surface area contributed by atoms with Gasteiger partial charge in [0.1, 0.15) is 28.5 Å². The number of carbonyl (C=O) groups is 2. The van der Waals surface area contributed by atoms with Gasteiger partial charge in [0.25, 0.3) is 10.0 Å². The number of fused-ring (bicyclic) bond motifs is 12. The lowest BCUT2D eigenvalue weighted by Crippen LogP contribution is -2.41. The summed E-state index contributed by atoms with van der Waals surface area (Å²) in [5, 5.41) is 32.0. The molecule has 119 heavy (non-hydrogen) atoms. The first kappa shape index (κ1) is 81.0. The van der Waals surface area contributed by atoms with Crippen molar-refractivity contribution in [3.05, 3.63) is 261 Å². The molecule has 35 heteroatoms. The van der Waals surface area contributed by atoms with Crippen LogP contribution in [0.25, 0.3) is 22.3 Å². The molecule has 0 radical (unpaired) electrons. The van der Waals surface area contributed by atoms with Gasteiger partial charge in [-0.25, -0.2) is 62.8 Å². The Hall–Kier alpha value is -13.2. The zero-order valence-corrected chi connectivity index (χ0v) is 67.2. The lowest BCUT2D eigenvalue weighted by Gasteiger charge is -2.19. The summed E-state index contributed by atoms with van der Waals surface area (Å²) in [7, 11) is -14.6. The molecular weight excluding hydrogens is 1590 g/mol. The highest BCUT2D eigenvalue weighted by Gasteiger charge is 2.51. The number of hydrogen-bond donors (Lipinski definition) is 14. The fourth-order valence-corrected chi connectivity index (χ4v) is 17.4. The Morgan fingerprint density at radius 1 is 0.412 bits per heavy atom. The second kappa shape index (κ2) is 35.7. The summed E-state index contributed by atoms with van der Waals surface area (Å²) in [4.78, 5) is 53.7. The van der Waals surface area contributed by atoms with Gasteiger partial charge in [-0.05, 0) is 177 Å². The topological polar surface area (TPSA) is 426 Å². The lowest BCUT2D eigenvalue weighted by atomic mass is 10.1. The third-order valence-corrected chi connectivity index (χ3v) is 25.3. The van der Waals surface area contributed by atoms with E-state index in [1.54, 1.807) is 116 Å². The maximum atomic E-state index is 12.9. The highest BCUT2D eigenvalue weighted by molar-refractivity contribution is 7.92. The van der Waals surface area contributed by atoms with Gasteiger partial charge >= 0.3 is 0 Å². The average Bonchev–Trinajstić information content (AvgIpc) is 1.64. The fourth-order valence-electron chi connectivity index (χ4n) is 12.9. The molecule has 9 aromatic carbocycles. The molecule has 14 N–H and O–H groups in total. The molecule has 2 fully saturated rings. The first-order chi connectivity index (χ1) is 57.6. The number of rotatable bonds is 16. The third kappa shape index (κ3) is 20.8. The number of sulfonamides is 4. The Morgan fingerprint density at radius 3 is 1.29 bits per heavy atom. The van der Waals surface area contributed by atoms with Gasteiger partial charge in [-0.15, -0.1) is 0 Å². The number of amides is 2. The maximum Gasteiger partial charge on any atom is 0.261 e. The van der Waals surface area contributed by atoms with Crippen LogP contribution in [-0.2, 0) is 56.2 Å².